The second-order valence-corrected chi connectivity index (χ2v) is 7.46. The largest absolute Gasteiger partial charge is 0.373 e. The first-order valence-corrected chi connectivity index (χ1v) is 9.73. The molecule has 3 N–H and O–H groups in total. The molecule has 0 saturated heterocycles. The first kappa shape index (κ1) is 19.0. The molecule has 2 heterocycles. The van der Waals surface area contributed by atoms with Gasteiger partial charge in [-0.05, 0) is 48.2 Å². The SMILES string of the molecule is NC(=O)c1nn(-c2cc(C#C[C@]3(O)CCc4ccccc43)ccn2)c2cc(F)ccc12. The fourth-order valence-electron chi connectivity index (χ4n) is 3.95. The van der Waals surface area contributed by atoms with Gasteiger partial charge in [0, 0.05) is 23.2 Å². The molecule has 152 valence electrons. The van der Waals surface area contributed by atoms with Crippen LogP contribution in [-0.2, 0) is 12.0 Å². The molecule has 5 rings (SSSR count). The maximum absolute atomic E-state index is 13.9. The third kappa shape index (κ3) is 3.23. The van der Waals surface area contributed by atoms with E-state index in [1.165, 1.54) is 22.9 Å². The van der Waals surface area contributed by atoms with Crippen molar-refractivity contribution in [1.82, 2.24) is 14.8 Å². The first-order chi connectivity index (χ1) is 14.9. The zero-order valence-electron chi connectivity index (χ0n) is 16.3. The van der Waals surface area contributed by atoms with Gasteiger partial charge in [0.05, 0.1) is 5.52 Å². The van der Waals surface area contributed by atoms with Crippen molar-refractivity contribution in [1.29, 1.82) is 0 Å². The number of halogens is 1. The van der Waals surface area contributed by atoms with Gasteiger partial charge in [-0.2, -0.15) is 5.10 Å². The van der Waals surface area contributed by atoms with Crippen molar-refractivity contribution in [2.45, 2.75) is 18.4 Å². The molecule has 1 aliphatic carbocycles. The Morgan fingerprint density at radius 1 is 1.19 bits per heavy atom. The number of nitrogens with zero attached hydrogens (tertiary/aromatic N) is 3. The normalized spacial score (nSPS) is 17.2. The van der Waals surface area contributed by atoms with Crippen LogP contribution in [0.3, 0.4) is 0 Å². The summed E-state index contributed by atoms with van der Waals surface area (Å²) in [4.78, 5) is 16.1. The zero-order valence-corrected chi connectivity index (χ0v) is 16.3. The number of carbonyl (C=O) groups is 1. The van der Waals surface area contributed by atoms with E-state index in [0.29, 0.717) is 28.7 Å². The summed E-state index contributed by atoms with van der Waals surface area (Å²) in [5.41, 5.74) is 7.15. The maximum atomic E-state index is 13.9. The minimum Gasteiger partial charge on any atom is -0.373 e. The van der Waals surface area contributed by atoms with Gasteiger partial charge in [0.1, 0.15) is 5.82 Å². The molecule has 1 aliphatic rings. The average Bonchev–Trinajstić information content (AvgIpc) is 3.31. The summed E-state index contributed by atoms with van der Waals surface area (Å²) in [7, 11) is 0. The van der Waals surface area contributed by atoms with E-state index >= 15 is 0 Å². The summed E-state index contributed by atoms with van der Waals surface area (Å²) < 4.78 is 15.2. The first-order valence-electron chi connectivity index (χ1n) is 9.73. The van der Waals surface area contributed by atoms with Crippen molar-refractivity contribution in [3.05, 3.63) is 89.0 Å². The lowest BCUT2D eigenvalue weighted by Gasteiger charge is -2.16. The van der Waals surface area contributed by atoms with Crippen molar-refractivity contribution >= 4 is 16.8 Å². The van der Waals surface area contributed by atoms with Crippen LogP contribution in [0.4, 0.5) is 4.39 Å². The van der Waals surface area contributed by atoms with Crippen molar-refractivity contribution in [2.24, 2.45) is 5.73 Å². The van der Waals surface area contributed by atoms with E-state index in [-0.39, 0.29) is 5.69 Å². The maximum Gasteiger partial charge on any atom is 0.269 e. The fraction of sp³-hybridized carbons (Fsp3) is 0.125. The highest BCUT2D eigenvalue weighted by Gasteiger charge is 2.34. The smallest absolute Gasteiger partial charge is 0.269 e. The van der Waals surface area contributed by atoms with Gasteiger partial charge in [0.15, 0.2) is 17.1 Å². The van der Waals surface area contributed by atoms with Crippen LogP contribution < -0.4 is 5.73 Å². The van der Waals surface area contributed by atoms with E-state index in [1.54, 1.807) is 18.3 Å². The van der Waals surface area contributed by atoms with E-state index in [2.05, 4.69) is 21.9 Å². The molecule has 2 aromatic carbocycles. The summed E-state index contributed by atoms with van der Waals surface area (Å²) in [6.45, 7) is 0. The van der Waals surface area contributed by atoms with Crippen LogP contribution in [0.2, 0.25) is 0 Å². The van der Waals surface area contributed by atoms with Crippen LogP contribution in [0.15, 0.2) is 60.8 Å². The summed E-state index contributed by atoms with van der Waals surface area (Å²) in [6.07, 6.45) is 2.84. The number of aliphatic hydroxyl groups is 1. The molecule has 0 unspecified atom stereocenters. The van der Waals surface area contributed by atoms with Gasteiger partial charge in [-0.1, -0.05) is 36.1 Å². The summed E-state index contributed by atoms with van der Waals surface area (Å²) >= 11 is 0. The molecule has 1 amide bonds. The fourth-order valence-corrected chi connectivity index (χ4v) is 3.95. The van der Waals surface area contributed by atoms with Crippen LogP contribution in [-0.4, -0.2) is 25.8 Å². The Morgan fingerprint density at radius 2 is 2.03 bits per heavy atom. The number of hydrogen-bond acceptors (Lipinski definition) is 4. The van der Waals surface area contributed by atoms with Gasteiger partial charge in [-0.3, -0.25) is 4.79 Å². The van der Waals surface area contributed by atoms with Crippen LogP contribution in [0, 0.1) is 17.7 Å². The zero-order chi connectivity index (χ0) is 21.6. The molecule has 0 radical (unpaired) electrons. The molecule has 0 aliphatic heterocycles. The molecule has 0 saturated carbocycles. The van der Waals surface area contributed by atoms with E-state index in [0.717, 1.165) is 17.5 Å². The summed E-state index contributed by atoms with van der Waals surface area (Å²) in [5.74, 6) is 5.18. The minimum atomic E-state index is -1.21. The highest BCUT2D eigenvalue weighted by Crippen LogP contribution is 2.36. The molecule has 0 spiro atoms. The Bertz CT molecular complexity index is 1420. The van der Waals surface area contributed by atoms with Gasteiger partial charge >= 0.3 is 0 Å². The number of rotatable bonds is 2. The Hall–Kier alpha value is -4.02. The Kier molecular flexibility index (Phi) is 4.31. The van der Waals surface area contributed by atoms with Crippen molar-refractivity contribution in [3.63, 3.8) is 0 Å². The Morgan fingerprint density at radius 3 is 2.87 bits per heavy atom. The molecule has 1 atom stereocenters. The number of carbonyl (C=O) groups excluding carboxylic acids is 1. The molecule has 31 heavy (non-hydrogen) atoms. The van der Waals surface area contributed by atoms with E-state index < -0.39 is 17.3 Å². The van der Waals surface area contributed by atoms with E-state index in [4.69, 9.17) is 5.73 Å². The Balaban J connectivity index is 1.57. The number of aromatic nitrogens is 3. The molecular formula is C24H17FN4O2. The predicted molar refractivity (Wildman–Crippen MR) is 113 cm³/mol. The van der Waals surface area contributed by atoms with E-state index in [1.807, 2.05) is 24.3 Å². The third-order valence-electron chi connectivity index (χ3n) is 5.47. The molecule has 4 aromatic rings. The Labute approximate surface area is 177 Å². The van der Waals surface area contributed by atoms with Gasteiger partial charge in [-0.15, -0.1) is 0 Å². The molecule has 6 nitrogen and oxygen atoms in total. The van der Waals surface area contributed by atoms with Crippen molar-refractivity contribution in [2.75, 3.05) is 0 Å². The van der Waals surface area contributed by atoms with Crippen LogP contribution in [0.5, 0.6) is 0 Å². The molecule has 7 heteroatoms. The summed E-state index contributed by atoms with van der Waals surface area (Å²) in [6, 6.07) is 15.1. The minimum absolute atomic E-state index is 0.0326. The van der Waals surface area contributed by atoms with Crippen LogP contribution >= 0.6 is 0 Å². The number of benzene rings is 2. The van der Waals surface area contributed by atoms with Crippen LogP contribution in [0.25, 0.3) is 16.7 Å². The number of pyridine rings is 1. The topological polar surface area (TPSA) is 94.0 Å². The third-order valence-corrected chi connectivity index (χ3v) is 5.47. The molecule has 2 aromatic heterocycles. The lowest BCUT2D eigenvalue weighted by atomic mass is 9.96. The second kappa shape index (κ2) is 7.04. The quantitative estimate of drug-likeness (QED) is 0.495. The highest BCUT2D eigenvalue weighted by molar-refractivity contribution is 6.04. The number of nitrogens with two attached hydrogens (primary N) is 1. The van der Waals surface area contributed by atoms with Gasteiger partial charge in [-0.25, -0.2) is 14.1 Å². The average molecular weight is 412 g/mol. The van der Waals surface area contributed by atoms with Crippen molar-refractivity contribution < 1.29 is 14.3 Å². The lowest BCUT2D eigenvalue weighted by Crippen LogP contribution is -2.19. The van der Waals surface area contributed by atoms with Crippen molar-refractivity contribution in [3.8, 4) is 17.7 Å². The van der Waals surface area contributed by atoms with E-state index in [9.17, 15) is 14.3 Å². The number of aryl methyl sites for hydroxylation is 1. The van der Waals surface area contributed by atoms with Gasteiger partial charge < -0.3 is 10.8 Å². The monoisotopic (exact) mass is 412 g/mol. The standard InChI is InChI=1S/C24H17FN4O2/c25-17-5-6-18-20(14-17)29(28-22(18)23(26)30)21-13-15(9-12-27-21)7-10-24(31)11-8-16-3-1-2-4-19(16)24/h1-6,9,12-14,31H,8,11H2,(H2,26,30)/t24-/m0/s1. The van der Waals surface area contributed by atoms with Crippen LogP contribution in [0.1, 0.15) is 33.6 Å². The van der Waals surface area contributed by atoms with Gasteiger partial charge in [0.2, 0.25) is 0 Å². The molecule has 0 bridgehead atoms. The number of hydrogen-bond donors (Lipinski definition) is 2. The van der Waals surface area contributed by atoms with Gasteiger partial charge in [0.25, 0.3) is 5.91 Å². The second-order valence-electron chi connectivity index (χ2n) is 7.46. The number of amides is 1. The highest BCUT2D eigenvalue weighted by atomic mass is 19.1. The molecule has 0 fully saturated rings. The number of primary amides is 1. The predicted octanol–water partition coefficient (Wildman–Crippen LogP) is 2.84. The number of fused-ring (bicyclic) bond motifs is 2. The lowest BCUT2D eigenvalue weighted by molar-refractivity contribution is 0.0995. The molecular weight excluding hydrogens is 395 g/mol. The summed E-state index contributed by atoms with van der Waals surface area (Å²) in [5, 5.41) is 15.7.